The molecular weight excluding hydrogens is 298 g/mol. The van der Waals surface area contributed by atoms with Crippen molar-refractivity contribution in [3.63, 3.8) is 0 Å². The van der Waals surface area contributed by atoms with Gasteiger partial charge in [-0.2, -0.15) is 0 Å². The normalized spacial score (nSPS) is 12.1. The topological polar surface area (TPSA) is 99.6 Å². The quantitative estimate of drug-likeness (QED) is 0.669. The average molecular weight is 317 g/mol. The number of benzene rings is 1. The lowest BCUT2D eigenvalue weighted by Gasteiger charge is -2.10. The van der Waals surface area contributed by atoms with Gasteiger partial charge in [0.2, 0.25) is 0 Å². The van der Waals surface area contributed by atoms with Crippen molar-refractivity contribution in [1.29, 1.82) is 0 Å². The van der Waals surface area contributed by atoms with E-state index >= 15 is 0 Å². The minimum atomic E-state index is -0.986. The Morgan fingerprint density at radius 3 is 2.65 bits per heavy atom. The minimum Gasteiger partial charge on any atom is -0.453 e. The van der Waals surface area contributed by atoms with Gasteiger partial charge in [0.15, 0.2) is 6.10 Å². The highest BCUT2D eigenvalue weighted by Crippen LogP contribution is 2.21. The summed E-state index contributed by atoms with van der Waals surface area (Å²) in [4.78, 5) is 34.7. The third-order valence-electron chi connectivity index (χ3n) is 3.73. The first-order valence-corrected chi connectivity index (χ1v) is 7.31. The summed E-state index contributed by atoms with van der Waals surface area (Å²) in [5.41, 5.74) is 7.32. The highest BCUT2D eigenvalue weighted by atomic mass is 16.5. The van der Waals surface area contributed by atoms with Gasteiger partial charge in [-0.3, -0.25) is 9.59 Å². The molecule has 1 aromatic carbocycles. The Morgan fingerprint density at radius 1 is 1.30 bits per heavy atom. The van der Waals surface area contributed by atoms with Gasteiger partial charge in [-0.1, -0.05) is 12.1 Å². The number of aryl methyl sites for hydroxylation is 2. The van der Waals surface area contributed by atoms with E-state index < -0.39 is 23.6 Å². The molecule has 0 saturated carbocycles. The molecule has 6 heteroatoms. The van der Waals surface area contributed by atoms with Crippen LogP contribution < -0.4 is 11.4 Å². The Kier molecular flexibility index (Phi) is 4.83. The molecule has 1 aromatic heterocycles. The Balaban J connectivity index is 2.21. The van der Waals surface area contributed by atoms with Crippen LogP contribution in [0.25, 0.3) is 11.0 Å². The minimum absolute atomic E-state index is 0.0272. The third-order valence-corrected chi connectivity index (χ3v) is 3.73. The Morgan fingerprint density at radius 2 is 2.00 bits per heavy atom. The second kappa shape index (κ2) is 6.64. The molecule has 2 N–H and O–H groups in total. The summed E-state index contributed by atoms with van der Waals surface area (Å²) >= 11 is 0. The molecule has 0 aliphatic rings. The van der Waals surface area contributed by atoms with Gasteiger partial charge in [0.25, 0.3) is 5.91 Å². The van der Waals surface area contributed by atoms with Gasteiger partial charge >= 0.3 is 11.6 Å². The van der Waals surface area contributed by atoms with Crippen molar-refractivity contribution in [3.05, 3.63) is 45.3 Å². The molecule has 0 radical (unpaired) electrons. The van der Waals surface area contributed by atoms with E-state index in [9.17, 15) is 14.4 Å². The summed E-state index contributed by atoms with van der Waals surface area (Å²) in [7, 11) is 0. The molecule has 23 heavy (non-hydrogen) atoms. The van der Waals surface area contributed by atoms with Crippen LogP contribution in [-0.2, 0) is 20.7 Å². The van der Waals surface area contributed by atoms with Crippen LogP contribution in [-0.4, -0.2) is 18.0 Å². The van der Waals surface area contributed by atoms with E-state index in [4.69, 9.17) is 14.9 Å². The summed E-state index contributed by atoms with van der Waals surface area (Å²) in [6.07, 6.45) is -0.831. The number of ether oxygens (including phenoxy) is 1. The van der Waals surface area contributed by atoms with E-state index in [1.807, 2.05) is 26.0 Å². The number of carbonyl (C=O) groups is 2. The Hall–Kier alpha value is -2.63. The average Bonchev–Trinajstić information content (AvgIpc) is 2.46. The molecule has 0 fully saturated rings. The SMILES string of the molecule is Cc1ccc2c(C)c(CCC(=O)O[C@H](C)C(N)=O)c(=O)oc2c1. The fraction of sp³-hybridized carbons (Fsp3) is 0.353. The third kappa shape index (κ3) is 3.77. The second-order valence-corrected chi connectivity index (χ2v) is 5.53. The van der Waals surface area contributed by atoms with Crippen molar-refractivity contribution in [2.75, 3.05) is 0 Å². The van der Waals surface area contributed by atoms with Crippen molar-refractivity contribution >= 4 is 22.8 Å². The summed E-state index contributed by atoms with van der Waals surface area (Å²) in [5.74, 6) is -1.30. The van der Waals surface area contributed by atoms with Crippen LogP contribution in [0.2, 0.25) is 0 Å². The highest BCUT2D eigenvalue weighted by Gasteiger charge is 2.17. The number of nitrogens with two attached hydrogens (primary N) is 1. The summed E-state index contributed by atoms with van der Waals surface area (Å²) in [6.45, 7) is 5.14. The van der Waals surface area contributed by atoms with E-state index in [1.165, 1.54) is 6.92 Å². The number of fused-ring (bicyclic) bond motifs is 1. The standard InChI is InChI=1S/C17H19NO5/c1-9-4-5-12-10(2)13(17(21)23-14(12)8-9)6-7-15(19)22-11(3)16(18)20/h4-5,8,11H,6-7H2,1-3H3,(H2,18,20)/t11-/m1/s1. The van der Waals surface area contributed by atoms with Crippen molar-refractivity contribution in [1.82, 2.24) is 0 Å². The molecule has 1 atom stereocenters. The van der Waals surface area contributed by atoms with Crippen LogP contribution in [0.4, 0.5) is 0 Å². The molecule has 0 aliphatic carbocycles. The molecule has 2 rings (SSSR count). The molecule has 0 aliphatic heterocycles. The molecule has 6 nitrogen and oxygen atoms in total. The zero-order valence-electron chi connectivity index (χ0n) is 13.3. The van der Waals surface area contributed by atoms with Crippen LogP contribution >= 0.6 is 0 Å². The number of primary amides is 1. The van der Waals surface area contributed by atoms with Crippen molar-refractivity contribution in [3.8, 4) is 0 Å². The lowest BCUT2D eigenvalue weighted by molar-refractivity contribution is -0.153. The number of hydrogen-bond donors (Lipinski definition) is 1. The second-order valence-electron chi connectivity index (χ2n) is 5.53. The van der Waals surface area contributed by atoms with Gasteiger partial charge in [0.1, 0.15) is 5.58 Å². The van der Waals surface area contributed by atoms with E-state index in [1.54, 1.807) is 6.07 Å². The smallest absolute Gasteiger partial charge is 0.339 e. The molecule has 1 amide bonds. The number of esters is 1. The molecule has 0 unspecified atom stereocenters. The van der Waals surface area contributed by atoms with Crippen molar-refractivity contribution < 1.29 is 18.7 Å². The summed E-state index contributed by atoms with van der Waals surface area (Å²) in [6, 6.07) is 5.62. The number of hydrogen-bond acceptors (Lipinski definition) is 5. The molecule has 2 aromatic rings. The highest BCUT2D eigenvalue weighted by molar-refractivity contribution is 5.83. The molecule has 122 valence electrons. The van der Waals surface area contributed by atoms with E-state index in [2.05, 4.69) is 0 Å². The van der Waals surface area contributed by atoms with Crippen molar-refractivity contribution in [2.45, 2.75) is 39.7 Å². The molecule has 0 bridgehead atoms. The first-order chi connectivity index (χ1) is 10.8. The fourth-order valence-corrected chi connectivity index (χ4v) is 2.33. The van der Waals surface area contributed by atoms with Gasteiger partial charge in [-0.05, 0) is 44.4 Å². The van der Waals surface area contributed by atoms with E-state index in [-0.39, 0.29) is 12.8 Å². The van der Waals surface area contributed by atoms with Crippen LogP contribution in [0.5, 0.6) is 0 Å². The van der Waals surface area contributed by atoms with Crippen molar-refractivity contribution in [2.24, 2.45) is 5.73 Å². The molecular formula is C17H19NO5. The summed E-state index contributed by atoms with van der Waals surface area (Å²) in [5, 5.41) is 0.837. The lowest BCUT2D eigenvalue weighted by atomic mass is 10.0. The lowest BCUT2D eigenvalue weighted by Crippen LogP contribution is -2.30. The number of amides is 1. The first kappa shape index (κ1) is 16.7. The van der Waals surface area contributed by atoms with Crippen LogP contribution in [0.15, 0.2) is 27.4 Å². The molecule has 0 spiro atoms. The van der Waals surface area contributed by atoms with Crippen LogP contribution in [0.1, 0.15) is 30.0 Å². The maximum absolute atomic E-state index is 12.1. The van der Waals surface area contributed by atoms with Crippen LogP contribution in [0.3, 0.4) is 0 Å². The largest absolute Gasteiger partial charge is 0.453 e. The van der Waals surface area contributed by atoms with E-state index in [0.29, 0.717) is 11.1 Å². The molecule has 1 heterocycles. The molecule has 0 saturated heterocycles. The van der Waals surface area contributed by atoms with Gasteiger partial charge in [0.05, 0.1) is 0 Å². The van der Waals surface area contributed by atoms with E-state index in [0.717, 1.165) is 16.5 Å². The fourth-order valence-electron chi connectivity index (χ4n) is 2.33. The van der Waals surface area contributed by atoms with Gasteiger partial charge in [-0.25, -0.2) is 4.79 Å². The van der Waals surface area contributed by atoms with Gasteiger partial charge in [0, 0.05) is 17.4 Å². The van der Waals surface area contributed by atoms with Gasteiger partial charge < -0.3 is 14.9 Å². The predicted molar refractivity (Wildman–Crippen MR) is 85.0 cm³/mol. The Labute approximate surface area is 133 Å². The maximum Gasteiger partial charge on any atom is 0.339 e. The maximum atomic E-state index is 12.1. The monoisotopic (exact) mass is 317 g/mol. The zero-order valence-corrected chi connectivity index (χ0v) is 13.3. The first-order valence-electron chi connectivity index (χ1n) is 7.31. The predicted octanol–water partition coefficient (Wildman–Crippen LogP) is 1.76. The number of rotatable bonds is 5. The summed E-state index contributed by atoms with van der Waals surface area (Å²) < 4.78 is 10.2. The van der Waals surface area contributed by atoms with Crippen LogP contribution in [0, 0.1) is 13.8 Å². The zero-order chi connectivity index (χ0) is 17.1. The Bertz CT molecular complexity index is 822. The van der Waals surface area contributed by atoms with Gasteiger partial charge in [-0.15, -0.1) is 0 Å². The number of carbonyl (C=O) groups excluding carboxylic acids is 2.